The molecule has 3 N–H and O–H groups in total. The van der Waals surface area contributed by atoms with E-state index >= 15 is 0 Å². The van der Waals surface area contributed by atoms with E-state index in [0.29, 0.717) is 6.54 Å². The molecule has 1 aromatic rings. The third kappa shape index (κ3) is 4.30. The van der Waals surface area contributed by atoms with Crippen LogP contribution < -0.4 is 10.5 Å². The van der Waals surface area contributed by atoms with Gasteiger partial charge in [0.05, 0.1) is 5.75 Å². The van der Waals surface area contributed by atoms with E-state index in [1.54, 1.807) is 0 Å². The van der Waals surface area contributed by atoms with Gasteiger partial charge in [0.1, 0.15) is 0 Å². The molecule has 0 aromatic heterocycles. The molecule has 16 heavy (non-hydrogen) atoms. The molecular formula is C11H18N2O2S. The Hall–Kier alpha value is -0.910. The maximum Gasteiger partial charge on any atom is 0.212 e. The Balaban J connectivity index is 2.51. The molecule has 0 fully saturated rings. The molecule has 0 aliphatic rings. The minimum absolute atomic E-state index is 0.0193. The van der Waals surface area contributed by atoms with Gasteiger partial charge >= 0.3 is 0 Å². The van der Waals surface area contributed by atoms with Crippen LogP contribution in [0.4, 0.5) is 0 Å². The lowest BCUT2D eigenvalue weighted by Crippen LogP contribution is -2.32. The van der Waals surface area contributed by atoms with Gasteiger partial charge < -0.3 is 5.73 Å². The van der Waals surface area contributed by atoms with Crippen molar-refractivity contribution in [2.24, 2.45) is 5.73 Å². The number of nitrogens with one attached hydrogen (secondary N) is 1. The Morgan fingerprint density at radius 1 is 1.31 bits per heavy atom. The van der Waals surface area contributed by atoms with E-state index in [1.807, 2.05) is 37.3 Å². The van der Waals surface area contributed by atoms with Gasteiger partial charge in [-0.1, -0.05) is 37.3 Å². The fourth-order valence-electron chi connectivity index (χ4n) is 1.38. The minimum atomic E-state index is -3.21. The van der Waals surface area contributed by atoms with Crippen LogP contribution in [0.1, 0.15) is 18.4 Å². The molecule has 0 saturated carbocycles. The molecule has 0 bridgehead atoms. The van der Waals surface area contributed by atoms with Gasteiger partial charge in [0, 0.05) is 13.1 Å². The van der Waals surface area contributed by atoms with Gasteiger partial charge in [-0.2, -0.15) is 0 Å². The lowest BCUT2D eigenvalue weighted by molar-refractivity contribution is 0.575. The highest BCUT2D eigenvalue weighted by atomic mass is 32.2. The highest BCUT2D eigenvalue weighted by Crippen LogP contribution is 2.13. The summed E-state index contributed by atoms with van der Waals surface area (Å²) in [6, 6.07) is 9.80. The number of nitrogens with two attached hydrogens (primary N) is 1. The Kier molecular flexibility index (Phi) is 4.92. The lowest BCUT2D eigenvalue weighted by Gasteiger charge is -2.12. The number of benzene rings is 1. The van der Waals surface area contributed by atoms with Gasteiger partial charge in [-0.15, -0.1) is 0 Å². The molecule has 0 amide bonds. The average molecular weight is 242 g/mol. The van der Waals surface area contributed by atoms with Crippen molar-refractivity contribution in [3.8, 4) is 0 Å². The van der Waals surface area contributed by atoms with Crippen molar-refractivity contribution in [1.29, 1.82) is 0 Å². The predicted octanol–water partition coefficient (Wildman–Crippen LogP) is 0.668. The summed E-state index contributed by atoms with van der Waals surface area (Å²) in [7, 11) is -3.21. The van der Waals surface area contributed by atoms with E-state index in [4.69, 9.17) is 5.73 Å². The third-order valence-corrected chi connectivity index (χ3v) is 3.74. The summed E-state index contributed by atoms with van der Waals surface area (Å²) in [6.45, 7) is 2.54. The molecule has 4 nitrogen and oxygen atoms in total. The van der Waals surface area contributed by atoms with E-state index < -0.39 is 10.0 Å². The topological polar surface area (TPSA) is 72.2 Å². The first-order valence-corrected chi connectivity index (χ1v) is 6.93. The minimum Gasteiger partial charge on any atom is -0.329 e. The fourth-order valence-corrected chi connectivity index (χ4v) is 2.34. The molecule has 1 rings (SSSR count). The van der Waals surface area contributed by atoms with E-state index in [9.17, 15) is 8.42 Å². The maximum atomic E-state index is 11.4. The Bertz CT molecular complexity index is 403. The van der Waals surface area contributed by atoms with Crippen molar-refractivity contribution in [1.82, 2.24) is 4.72 Å². The Morgan fingerprint density at radius 2 is 1.94 bits per heavy atom. The monoisotopic (exact) mass is 242 g/mol. The Morgan fingerprint density at radius 3 is 2.50 bits per heavy atom. The fraction of sp³-hybridized carbons (Fsp3) is 0.455. The summed E-state index contributed by atoms with van der Waals surface area (Å²) in [4.78, 5) is 0. The van der Waals surface area contributed by atoms with Crippen molar-refractivity contribution in [2.75, 3.05) is 18.8 Å². The molecule has 0 radical (unpaired) electrons. The second-order valence-electron chi connectivity index (χ2n) is 3.77. The largest absolute Gasteiger partial charge is 0.329 e. The van der Waals surface area contributed by atoms with Crippen molar-refractivity contribution < 1.29 is 8.42 Å². The van der Waals surface area contributed by atoms with Crippen molar-refractivity contribution in [3.63, 3.8) is 0 Å². The van der Waals surface area contributed by atoms with E-state index in [1.165, 1.54) is 0 Å². The maximum absolute atomic E-state index is 11.4. The normalized spacial score (nSPS) is 13.6. The predicted molar refractivity (Wildman–Crippen MR) is 65.7 cm³/mol. The third-order valence-electron chi connectivity index (χ3n) is 2.36. The first kappa shape index (κ1) is 13.2. The molecule has 0 aliphatic heterocycles. The summed E-state index contributed by atoms with van der Waals surface area (Å²) in [5.74, 6) is 0.142. The number of hydrogen-bond donors (Lipinski definition) is 2. The first-order valence-electron chi connectivity index (χ1n) is 5.27. The highest BCUT2D eigenvalue weighted by Gasteiger charge is 2.11. The van der Waals surface area contributed by atoms with Crippen LogP contribution in [0.2, 0.25) is 0 Å². The van der Waals surface area contributed by atoms with Gasteiger partial charge in [-0.3, -0.25) is 0 Å². The van der Waals surface area contributed by atoms with Gasteiger partial charge in [-0.05, 0) is 11.5 Å². The molecular weight excluding hydrogens is 224 g/mol. The quantitative estimate of drug-likeness (QED) is 0.770. The van der Waals surface area contributed by atoms with Crippen LogP contribution in [0, 0.1) is 0 Å². The van der Waals surface area contributed by atoms with Crippen molar-refractivity contribution >= 4 is 10.0 Å². The van der Waals surface area contributed by atoms with Crippen LogP contribution in [0.15, 0.2) is 30.3 Å². The van der Waals surface area contributed by atoms with Crippen LogP contribution in [-0.4, -0.2) is 27.3 Å². The molecule has 1 unspecified atom stereocenters. The zero-order valence-electron chi connectivity index (χ0n) is 9.39. The van der Waals surface area contributed by atoms with Crippen LogP contribution in [0.3, 0.4) is 0 Å². The summed E-state index contributed by atoms with van der Waals surface area (Å²) >= 11 is 0. The average Bonchev–Trinajstić information content (AvgIpc) is 2.27. The standard InChI is InChI=1S/C11H18N2O2S/c1-10(11-5-3-2-4-6-11)9-13-16(14,15)8-7-12/h2-6,10,13H,7-9,12H2,1H3. The van der Waals surface area contributed by atoms with Gasteiger partial charge in [0.2, 0.25) is 10.0 Å². The summed E-state index contributed by atoms with van der Waals surface area (Å²) in [5.41, 5.74) is 6.34. The smallest absolute Gasteiger partial charge is 0.212 e. The summed E-state index contributed by atoms with van der Waals surface area (Å²) in [5, 5.41) is 0. The number of rotatable bonds is 6. The molecule has 0 spiro atoms. The van der Waals surface area contributed by atoms with Crippen LogP contribution in [0.5, 0.6) is 0 Å². The Labute approximate surface area is 96.9 Å². The van der Waals surface area contributed by atoms with E-state index in [0.717, 1.165) is 5.56 Å². The van der Waals surface area contributed by atoms with Gasteiger partial charge in [0.15, 0.2) is 0 Å². The van der Waals surface area contributed by atoms with Crippen LogP contribution >= 0.6 is 0 Å². The van der Waals surface area contributed by atoms with Gasteiger partial charge in [0.25, 0.3) is 0 Å². The van der Waals surface area contributed by atoms with Crippen LogP contribution in [-0.2, 0) is 10.0 Å². The molecule has 0 aliphatic carbocycles. The lowest BCUT2D eigenvalue weighted by atomic mass is 10.0. The zero-order valence-corrected chi connectivity index (χ0v) is 10.2. The van der Waals surface area contributed by atoms with E-state index in [-0.39, 0.29) is 18.2 Å². The number of sulfonamides is 1. The zero-order chi connectivity index (χ0) is 12.0. The molecule has 0 heterocycles. The number of hydrogen-bond acceptors (Lipinski definition) is 3. The van der Waals surface area contributed by atoms with Crippen LogP contribution in [0.25, 0.3) is 0 Å². The molecule has 90 valence electrons. The second-order valence-corrected chi connectivity index (χ2v) is 5.69. The second kappa shape index (κ2) is 5.98. The first-order chi connectivity index (χ1) is 7.55. The van der Waals surface area contributed by atoms with Crippen molar-refractivity contribution in [2.45, 2.75) is 12.8 Å². The molecule has 5 heteroatoms. The summed E-state index contributed by atoms with van der Waals surface area (Å²) in [6.07, 6.45) is 0. The highest BCUT2D eigenvalue weighted by molar-refractivity contribution is 7.89. The molecule has 1 atom stereocenters. The van der Waals surface area contributed by atoms with Gasteiger partial charge in [-0.25, -0.2) is 13.1 Å². The molecule has 0 saturated heterocycles. The van der Waals surface area contributed by atoms with Crippen molar-refractivity contribution in [3.05, 3.63) is 35.9 Å². The van der Waals surface area contributed by atoms with E-state index in [2.05, 4.69) is 4.72 Å². The molecule has 1 aromatic carbocycles. The summed E-state index contributed by atoms with van der Waals surface area (Å²) < 4.78 is 25.3. The SMILES string of the molecule is CC(CNS(=O)(=O)CCN)c1ccccc1.